The molecule has 0 atom stereocenters. The fraction of sp³-hybridized carbons (Fsp3) is 0.474. The number of amides is 1. The van der Waals surface area contributed by atoms with Gasteiger partial charge in [0.1, 0.15) is 11.6 Å². The zero-order valence-corrected chi connectivity index (χ0v) is 14.7. The molecule has 1 heterocycles. The third kappa shape index (κ3) is 4.18. The molecule has 5 nitrogen and oxygen atoms in total. The van der Waals surface area contributed by atoms with Crippen molar-refractivity contribution in [2.45, 2.75) is 52.7 Å². The van der Waals surface area contributed by atoms with Gasteiger partial charge in [0.25, 0.3) is 0 Å². The highest BCUT2D eigenvalue weighted by Gasteiger charge is 2.23. The summed E-state index contributed by atoms with van der Waals surface area (Å²) in [7, 11) is 0. The Balaban J connectivity index is 1.66. The Labute approximate surface area is 147 Å². The minimum absolute atomic E-state index is 0.0801. The molecule has 1 N–H and O–H groups in total. The Hall–Kier alpha value is -2.37. The van der Waals surface area contributed by atoms with Crippen molar-refractivity contribution in [2.24, 2.45) is 5.92 Å². The highest BCUT2D eigenvalue weighted by molar-refractivity contribution is 5.93. The van der Waals surface area contributed by atoms with E-state index in [4.69, 9.17) is 4.74 Å². The van der Waals surface area contributed by atoms with Crippen LogP contribution in [0.3, 0.4) is 0 Å². The summed E-state index contributed by atoms with van der Waals surface area (Å²) in [5.74, 6) is 0.280. The number of anilines is 1. The third-order valence-electron chi connectivity index (χ3n) is 4.76. The molecule has 1 aliphatic carbocycles. The van der Waals surface area contributed by atoms with Crippen LogP contribution >= 0.6 is 0 Å². The molecule has 0 aliphatic heterocycles. The first-order valence-corrected chi connectivity index (χ1v) is 8.78. The molecule has 0 unspecified atom stereocenters. The van der Waals surface area contributed by atoms with Crippen LogP contribution in [-0.2, 0) is 11.5 Å². The number of aromatic nitrogens is 2. The molecule has 0 spiro atoms. The molecular weight excluding hydrogens is 321 g/mol. The standard InChI is InChI=1S/C19H24FN3O2/c1-13-18(21-19(24)15-7-4-3-5-8-15)14(2)23(22-13)12-25-17-10-6-9-16(20)11-17/h6,9-11,15H,3-5,7-8,12H2,1-2H3,(H,21,24). The van der Waals surface area contributed by atoms with Crippen LogP contribution in [0.25, 0.3) is 0 Å². The van der Waals surface area contributed by atoms with E-state index in [0.717, 1.165) is 42.8 Å². The molecule has 1 fully saturated rings. The number of nitrogens with zero attached hydrogens (tertiary/aromatic N) is 2. The van der Waals surface area contributed by atoms with Crippen molar-refractivity contribution in [1.82, 2.24) is 9.78 Å². The van der Waals surface area contributed by atoms with Crippen LogP contribution in [-0.4, -0.2) is 15.7 Å². The van der Waals surface area contributed by atoms with Gasteiger partial charge in [0.05, 0.1) is 17.1 Å². The van der Waals surface area contributed by atoms with Crippen LogP contribution < -0.4 is 10.1 Å². The van der Waals surface area contributed by atoms with Gasteiger partial charge in [-0.3, -0.25) is 4.79 Å². The number of ether oxygens (including phenoxy) is 1. The highest BCUT2D eigenvalue weighted by atomic mass is 19.1. The van der Waals surface area contributed by atoms with E-state index in [2.05, 4.69) is 10.4 Å². The van der Waals surface area contributed by atoms with Crippen LogP contribution in [0.15, 0.2) is 24.3 Å². The average Bonchev–Trinajstić information content (AvgIpc) is 2.88. The fourth-order valence-corrected chi connectivity index (χ4v) is 3.29. The quantitative estimate of drug-likeness (QED) is 0.884. The molecule has 3 rings (SSSR count). The summed E-state index contributed by atoms with van der Waals surface area (Å²) in [5.41, 5.74) is 2.33. The van der Waals surface area contributed by atoms with E-state index in [1.807, 2.05) is 13.8 Å². The van der Waals surface area contributed by atoms with Gasteiger partial charge in [-0.15, -0.1) is 0 Å². The van der Waals surface area contributed by atoms with E-state index in [1.165, 1.54) is 18.6 Å². The molecule has 1 aromatic heterocycles. The predicted octanol–water partition coefficient (Wildman–Crippen LogP) is 4.19. The second kappa shape index (κ2) is 7.68. The number of carbonyl (C=O) groups excluding carboxylic acids is 1. The van der Waals surface area contributed by atoms with Crippen LogP contribution in [0.4, 0.5) is 10.1 Å². The molecule has 6 heteroatoms. The molecule has 1 aromatic carbocycles. The number of benzene rings is 1. The lowest BCUT2D eigenvalue weighted by Gasteiger charge is -2.20. The number of rotatable bonds is 5. The van der Waals surface area contributed by atoms with Crippen molar-refractivity contribution < 1.29 is 13.9 Å². The van der Waals surface area contributed by atoms with Crippen molar-refractivity contribution in [3.05, 3.63) is 41.5 Å². The van der Waals surface area contributed by atoms with Crippen molar-refractivity contribution in [1.29, 1.82) is 0 Å². The first kappa shape index (κ1) is 17.5. The normalized spacial score (nSPS) is 15.2. The van der Waals surface area contributed by atoms with Gasteiger partial charge in [0, 0.05) is 12.0 Å². The van der Waals surface area contributed by atoms with Gasteiger partial charge >= 0.3 is 0 Å². The molecule has 1 amide bonds. The minimum Gasteiger partial charge on any atom is -0.471 e. The molecule has 0 radical (unpaired) electrons. The molecule has 134 valence electrons. The second-order valence-electron chi connectivity index (χ2n) is 6.60. The smallest absolute Gasteiger partial charge is 0.227 e. The summed E-state index contributed by atoms with van der Waals surface area (Å²) in [4.78, 5) is 12.5. The number of aryl methyl sites for hydroxylation is 1. The van der Waals surface area contributed by atoms with E-state index in [0.29, 0.717) is 5.75 Å². The Bertz CT molecular complexity index is 751. The summed E-state index contributed by atoms with van der Waals surface area (Å²) >= 11 is 0. The van der Waals surface area contributed by atoms with Crippen molar-refractivity contribution in [2.75, 3.05) is 5.32 Å². The maximum Gasteiger partial charge on any atom is 0.227 e. The zero-order valence-electron chi connectivity index (χ0n) is 14.7. The van der Waals surface area contributed by atoms with Gasteiger partial charge in [-0.05, 0) is 38.8 Å². The fourth-order valence-electron chi connectivity index (χ4n) is 3.29. The predicted molar refractivity (Wildman–Crippen MR) is 93.9 cm³/mol. The monoisotopic (exact) mass is 345 g/mol. The number of hydrogen-bond acceptors (Lipinski definition) is 3. The Morgan fingerprint density at radius 1 is 1.32 bits per heavy atom. The Kier molecular flexibility index (Phi) is 5.36. The number of carbonyl (C=O) groups is 1. The molecule has 25 heavy (non-hydrogen) atoms. The van der Waals surface area contributed by atoms with Crippen molar-refractivity contribution in [3.8, 4) is 5.75 Å². The van der Waals surface area contributed by atoms with Crippen LogP contribution in [0.2, 0.25) is 0 Å². The molecule has 0 bridgehead atoms. The highest BCUT2D eigenvalue weighted by Crippen LogP contribution is 2.27. The summed E-state index contributed by atoms with van der Waals surface area (Å²) in [6.07, 6.45) is 5.38. The third-order valence-corrected chi connectivity index (χ3v) is 4.76. The summed E-state index contributed by atoms with van der Waals surface area (Å²) in [6, 6.07) is 5.99. The molecular formula is C19H24FN3O2. The maximum absolute atomic E-state index is 13.2. The van der Waals surface area contributed by atoms with Crippen molar-refractivity contribution in [3.63, 3.8) is 0 Å². The van der Waals surface area contributed by atoms with Gasteiger partial charge in [-0.25, -0.2) is 9.07 Å². The molecule has 1 saturated carbocycles. The first-order valence-electron chi connectivity index (χ1n) is 8.78. The lowest BCUT2D eigenvalue weighted by molar-refractivity contribution is -0.120. The van der Waals surface area contributed by atoms with Gasteiger partial charge in [0.2, 0.25) is 5.91 Å². The number of nitrogens with one attached hydrogen (secondary N) is 1. The van der Waals surface area contributed by atoms with E-state index < -0.39 is 0 Å². The summed E-state index contributed by atoms with van der Waals surface area (Å²) < 4.78 is 20.5. The Morgan fingerprint density at radius 3 is 2.80 bits per heavy atom. The molecule has 0 saturated heterocycles. The molecule has 2 aromatic rings. The average molecular weight is 345 g/mol. The van der Waals surface area contributed by atoms with E-state index in [-0.39, 0.29) is 24.4 Å². The SMILES string of the molecule is Cc1nn(COc2cccc(F)c2)c(C)c1NC(=O)C1CCCCC1. The number of halogens is 1. The minimum atomic E-state index is -0.341. The first-order chi connectivity index (χ1) is 12.0. The van der Waals surface area contributed by atoms with Crippen LogP contribution in [0, 0.1) is 25.6 Å². The van der Waals surface area contributed by atoms with E-state index in [1.54, 1.807) is 16.8 Å². The zero-order chi connectivity index (χ0) is 17.8. The van der Waals surface area contributed by atoms with Gasteiger partial charge < -0.3 is 10.1 Å². The van der Waals surface area contributed by atoms with Gasteiger partial charge in [-0.2, -0.15) is 5.10 Å². The van der Waals surface area contributed by atoms with Gasteiger partial charge in [-0.1, -0.05) is 25.3 Å². The van der Waals surface area contributed by atoms with Crippen LogP contribution in [0.1, 0.15) is 43.5 Å². The summed E-state index contributed by atoms with van der Waals surface area (Å²) in [6.45, 7) is 3.92. The van der Waals surface area contributed by atoms with Gasteiger partial charge in [0.15, 0.2) is 6.73 Å². The van der Waals surface area contributed by atoms with Crippen LogP contribution in [0.5, 0.6) is 5.75 Å². The topological polar surface area (TPSA) is 56.1 Å². The van der Waals surface area contributed by atoms with E-state index >= 15 is 0 Å². The summed E-state index contributed by atoms with van der Waals surface area (Å²) in [5, 5.41) is 7.47. The van der Waals surface area contributed by atoms with Crippen molar-refractivity contribution >= 4 is 11.6 Å². The maximum atomic E-state index is 13.2. The van der Waals surface area contributed by atoms with E-state index in [9.17, 15) is 9.18 Å². The lowest BCUT2D eigenvalue weighted by atomic mass is 9.88. The largest absolute Gasteiger partial charge is 0.471 e. The molecule has 1 aliphatic rings. The lowest BCUT2D eigenvalue weighted by Crippen LogP contribution is -2.25. The second-order valence-corrected chi connectivity index (χ2v) is 6.60. The number of hydrogen-bond donors (Lipinski definition) is 1. The Morgan fingerprint density at radius 2 is 2.08 bits per heavy atom.